The van der Waals surface area contributed by atoms with Crippen LogP contribution in [0.25, 0.3) is 5.57 Å². The van der Waals surface area contributed by atoms with Gasteiger partial charge in [0, 0.05) is 22.9 Å². The Labute approximate surface area is 104 Å². The normalized spacial score (nSPS) is 28.7. The highest BCUT2D eigenvalue weighted by Gasteiger charge is 2.28. The number of hydrogen-bond acceptors (Lipinski definition) is 2. The maximum Gasteiger partial charge on any atom is 0.0410 e. The molecule has 0 amide bonds. The predicted molar refractivity (Wildman–Crippen MR) is 69.0 cm³/mol. The van der Waals surface area contributed by atoms with Crippen LogP contribution < -0.4 is 5.32 Å². The fraction of sp³-hybridized carbons (Fsp3) is 0.462. The van der Waals surface area contributed by atoms with Crippen molar-refractivity contribution in [2.24, 2.45) is 5.92 Å². The van der Waals surface area contributed by atoms with Gasteiger partial charge in [0.15, 0.2) is 0 Å². The highest BCUT2D eigenvalue weighted by Crippen LogP contribution is 2.34. The molecule has 84 valence electrons. The van der Waals surface area contributed by atoms with E-state index in [0.717, 1.165) is 10.4 Å². The van der Waals surface area contributed by atoms with E-state index in [9.17, 15) is 0 Å². The Balaban J connectivity index is 1.90. The second-order valence-electron chi connectivity index (χ2n) is 4.65. The van der Waals surface area contributed by atoms with E-state index in [-0.39, 0.29) is 0 Å². The van der Waals surface area contributed by atoms with Gasteiger partial charge in [0.25, 0.3) is 0 Å². The Kier molecular flexibility index (Phi) is 2.82. The van der Waals surface area contributed by atoms with E-state index in [0.29, 0.717) is 6.04 Å². The maximum absolute atomic E-state index is 4.24. The van der Waals surface area contributed by atoms with Gasteiger partial charge >= 0.3 is 0 Å². The SMILES string of the molecule is Brc1cncc(C2=CC3NCCC3CC2)c1. The number of fused-ring (bicyclic) bond motifs is 1. The lowest BCUT2D eigenvalue weighted by molar-refractivity contribution is 0.465. The summed E-state index contributed by atoms with van der Waals surface area (Å²) in [6.07, 6.45) is 10.1. The molecule has 2 aliphatic rings. The zero-order valence-electron chi connectivity index (χ0n) is 9.12. The highest BCUT2D eigenvalue weighted by atomic mass is 79.9. The predicted octanol–water partition coefficient (Wildman–Crippen LogP) is 3.00. The summed E-state index contributed by atoms with van der Waals surface area (Å²) in [6.45, 7) is 1.18. The molecule has 3 rings (SSSR count). The summed E-state index contributed by atoms with van der Waals surface area (Å²) in [5.74, 6) is 0.865. The number of allylic oxidation sites excluding steroid dienone is 1. The third-order valence-electron chi connectivity index (χ3n) is 3.64. The van der Waals surface area contributed by atoms with Crippen LogP contribution in [0.4, 0.5) is 0 Å². The number of pyridine rings is 1. The molecule has 1 aromatic rings. The summed E-state index contributed by atoms with van der Waals surface area (Å²) in [5.41, 5.74) is 2.71. The quantitative estimate of drug-likeness (QED) is 0.854. The van der Waals surface area contributed by atoms with Gasteiger partial charge in [-0.2, -0.15) is 0 Å². The Morgan fingerprint density at radius 1 is 1.31 bits per heavy atom. The van der Waals surface area contributed by atoms with Crippen molar-refractivity contribution in [3.63, 3.8) is 0 Å². The van der Waals surface area contributed by atoms with Gasteiger partial charge < -0.3 is 5.32 Å². The lowest BCUT2D eigenvalue weighted by Crippen LogP contribution is -2.27. The van der Waals surface area contributed by atoms with Crippen molar-refractivity contribution in [1.82, 2.24) is 10.3 Å². The minimum atomic E-state index is 0.600. The molecule has 1 N–H and O–H groups in total. The van der Waals surface area contributed by atoms with Crippen molar-refractivity contribution in [3.05, 3.63) is 34.6 Å². The van der Waals surface area contributed by atoms with E-state index in [1.54, 1.807) is 0 Å². The number of nitrogens with zero attached hydrogens (tertiary/aromatic N) is 1. The fourth-order valence-corrected chi connectivity index (χ4v) is 3.13. The van der Waals surface area contributed by atoms with E-state index in [1.807, 2.05) is 12.4 Å². The first-order valence-corrected chi connectivity index (χ1v) is 6.67. The number of rotatable bonds is 1. The molecule has 3 heteroatoms. The van der Waals surface area contributed by atoms with E-state index in [4.69, 9.17) is 0 Å². The average Bonchev–Trinajstić information content (AvgIpc) is 2.75. The Morgan fingerprint density at radius 2 is 2.25 bits per heavy atom. The Bertz CT molecular complexity index is 428. The lowest BCUT2D eigenvalue weighted by atomic mass is 9.84. The summed E-state index contributed by atoms with van der Waals surface area (Å²) in [4.78, 5) is 4.24. The molecule has 1 saturated heterocycles. The largest absolute Gasteiger partial charge is 0.310 e. The van der Waals surface area contributed by atoms with Crippen LogP contribution in [0.5, 0.6) is 0 Å². The molecule has 1 aromatic heterocycles. The van der Waals surface area contributed by atoms with Crippen molar-refractivity contribution < 1.29 is 0 Å². The van der Waals surface area contributed by atoms with Crippen LogP contribution in [0.2, 0.25) is 0 Å². The Hall–Kier alpha value is -0.670. The maximum atomic E-state index is 4.24. The van der Waals surface area contributed by atoms with Crippen LogP contribution in [0, 0.1) is 5.92 Å². The van der Waals surface area contributed by atoms with E-state index < -0.39 is 0 Å². The van der Waals surface area contributed by atoms with Gasteiger partial charge in [0.2, 0.25) is 0 Å². The second kappa shape index (κ2) is 4.30. The second-order valence-corrected chi connectivity index (χ2v) is 5.57. The van der Waals surface area contributed by atoms with Crippen molar-refractivity contribution in [3.8, 4) is 0 Å². The number of nitrogens with one attached hydrogen (secondary N) is 1. The molecule has 0 spiro atoms. The molecule has 0 aromatic carbocycles. The summed E-state index contributed by atoms with van der Waals surface area (Å²) < 4.78 is 1.06. The summed E-state index contributed by atoms with van der Waals surface area (Å²) in [6, 6.07) is 2.76. The fourth-order valence-electron chi connectivity index (χ4n) is 2.77. The van der Waals surface area contributed by atoms with Crippen LogP contribution in [-0.2, 0) is 0 Å². The van der Waals surface area contributed by atoms with Crippen molar-refractivity contribution in [2.75, 3.05) is 6.54 Å². The van der Waals surface area contributed by atoms with Gasteiger partial charge in [-0.05, 0) is 64.9 Å². The minimum Gasteiger partial charge on any atom is -0.310 e. The molecule has 1 aliphatic carbocycles. The van der Waals surface area contributed by atoms with Gasteiger partial charge in [-0.3, -0.25) is 4.98 Å². The molecule has 1 aliphatic heterocycles. The zero-order chi connectivity index (χ0) is 11.0. The smallest absolute Gasteiger partial charge is 0.0410 e. The van der Waals surface area contributed by atoms with Gasteiger partial charge in [0.05, 0.1) is 0 Å². The molecule has 1 fully saturated rings. The van der Waals surface area contributed by atoms with Crippen LogP contribution >= 0.6 is 15.9 Å². The van der Waals surface area contributed by atoms with Crippen LogP contribution in [-0.4, -0.2) is 17.6 Å². The summed E-state index contributed by atoms with van der Waals surface area (Å²) in [5, 5.41) is 3.56. The van der Waals surface area contributed by atoms with Gasteiger partial charge in [-0.1, -0.05) is 6.08 Å². The molecule has 2 unspecified atom stereocenters. The number of halogens is 1. The average molecular weight is 279 g/mol. The molecular formula is C13H15BrN2. The molecule has 0 bridgehead atoms. The minimum absolute atomic E-state index is 0.600. The van der Waals surface area contributed by atoms with Gasteiger partial charge in [-0.15, -0.1) is 0 Å². The summed E-state index contributed by atoms with van der Waals surface area (Å²) >= 11 is 3.48. The van der Waals surface area contributed by atoms with E-state index >= 15 is 0 Å². The zero-order valence-corrected chi connectivity index (χ0v) is 10.7. The number of aromatic nitrogens is 1. The third kappa shape index (κ3) is 1.94. The molecular weight excluding hydrogens is 264 g/mol. The van der Waals surface area contributed by atoms with Gasteiger partial charge in [-0.25, -0.2) is 0 Å². The highest BCUT2D eigenvalue weighted by molar-refractivity contribution is 9.10. The van der Waals surface area contributed by atoms with Crippen molar-refractivity contribution in [2.45, 2.75) is 25.3 Å². The topological polar surface area (TPSA) is 24.9 Å². The standard InChI is InChI=1S/C13H15BrN2/c14-12-5-11(7-15-8-12)10-2-1-9-3-4-16-13(9)6-10/h5-9,13,16H,1-4H2. The van der Waals surface area contributed by atoms with Crippen LogP contribution in [0.3, 0.4) is 0 Å². The summed E-state index contributed by atoms with van der Waals surface area (Å²) in [7, 11) is 0. The molecule has 2 heterocycles. The van der Waals surface area contributed by atoms with Crippen LogP contribution in [0.1, 0.15) is 24.8 Å². The first-order valence-electron chi connectivity index (χ1n) is 5.88. The molecule has 16 heavy (non-hydrogen) atoms. The molecule has 2 nitrogen and oxygen atoms in total. The van der Waals surface area contributed by atoms with E-state index in [2.05, 4.69) is 38.4 Å². The van der Waals surface area contributed by atoms with Crippen LogP contribution in [0.15, 0.2) is 29.0 Å². The third-order valence-corrected chi connectivity index (χ3v) is 4.08. The monoisotopic (exact) mass is 278 g/mol. The lowest BCUT2D eigenvalue weighted by Gasteiger charge is -2.24. The van der Waals surface area contributed by atoms with Crippen molar-refractivity contribution >= 4 is 21.5 Å². The Morgan fingerprint density at radius 3 is 3.12 bits per heavy atom. The van der Waals surface area contributed by atoms with Crippen molar-refractivity contribution in [1.29, 1.82) is 0 Å². The van der Waals surface area contributed by atoms with Gasteiger partial charge in [0.1, 0.15) is 0 Å². The molecule has 0 radical (unpaired) electrons. The molecule has 2 atom stereocenters. The molecule has 0 saturated carbocycles. The first-order chi connectivity index (χ1) is 7.83. The van der Waals surface area contributed by atoms with E-state index in [1.165, 1.54) is 36.9 Å². The first kappa shape index (κ1) is 10.5. The number of hydrogen-bond donors (Lipinski definition) is 1.